The molecular formula is C56H54F2N8O2S2. The van der Waals surface area contributed by atoms with Crippen LogP contribution in [0.2, 0.25) is 0 Å². The summed E-state index contributed by atoms with van der Waals surface area (Å²) in [6, 6.07) is 40.6. The Balaban J connectivity index is 0.000000165. The van der Waals surface area contributed by atoms with Gasteiger partial charge in [-0.3, -0.25) is 4.90 Å². The van der Waals surface area contributed by atoms with Gasteiger partial charge >= 0.3 is 0 Å². The molecule has 2 N–H and O–H groups in total. The summed E-state index contributed by atoms with van der Waals surface area (Å²) in [7, 11) is 1.60. The molecule has 4 aromatic heterocycles. The van der Waals surface area contributed by atoms with Gasteiger partial charge in [0.25, 0.3) is 0 Å². The lowest BCUT2D eigenvalue weighted by molar-refractivity contribution is 0.148. The van der Waals surface area contributed by atoms with Crippen LogP contribution in [0.5, 0.6) is 11.5 Å². The van der Waals surface area contributed by atoms with Gasteiger partial charge in [-0.1, -0.05) is 103 Å². The van der Waals surface area contributed by atoms with Crippen molar-refractivity contribution in [3.8, 4) is 33.8 Å². The van der Waals surface area contributed by atoms with Gasteiger partial charge in [0, 0.05) is 103 Å². The van der Waals surface area contributed by atoms with Crippen molar-refractivity contribution in [3.05, 3.63) is 179 Å². The van der Waals surface area contributed by atoms with Crippen molar-refractivity contribution in [1.29, 1.82) is 0 Å². The highest BCUT2D eigenvalue weighted by Crippen LogP contribution is 2.40. The average molecular weight is 973 g/mol. The van der Waals surface area contributed by atoms with E-state index in [-0.39, 0.29) is 23.4 Å². The van der Waals surface area contributed by atoms with E-state index in [1.165, 1.54) is 23.3 Å². The van der Waals surface area contributed by atoms with Crippen LogP contribution in [0.25, 0.3) is 42.7 Å². The Kier molecular flexibility index (Phi) is 14.6. The fraction of sp³-hybridized carbons (Fsp3) is 0.250. The summed E-state index contributed by atoms with van der Waals surface area (Å²) in [6.45, 7) is 5.00. The number of aromatic nitrogens is 4. The van der Waals surface area contributed by atoms with Crippen molar-refractivity contribution < 1.29 is 18.6 Å². The lowest BCUT2D eigenvalue weighted by Crippen LogP contribution is -2.45. The van der Waals surface area contributed by atoms with E-state index in [0.29, 0.717) is 42.6 Å². The van der Waals surface area contributed by atoms with E-state index in [1.54, 1.807) is 60.6 Å². The summed E-state index contributed by atoms with van der Waals surface area (Å²) in [5, 5.41) is 20.4. The number of anilines is 2. The molecule has 11 rings (SSSR count). The minimum atomic E-state index is -0.224. The SMILES string of the molecule is COc1ccc(CNC2CCN(c3ncnc4scc(-c5ccccc5)c34)CC2)c(O)c1.Fc1ccccc1CN(Cc1ccccc1F)C1CCN(c2ncnc3scc(-c4ccccc4)c23)CC1. The zero-order valence-electron chi connectivity index (χ0n) is 38.9. The fourth-order valence-corrected chi connectivity index (χ4v) is 11.5. The lowest BCUT2D eigenvalue weighted by Gasteiger charge is -2.39. The third kappa shape index (κ3) is 10.5. The molecule has 0 unspecified atom stereocenters. The molecule has 0 amide bonds. The van der Waals surface area contributed by atoms with Gasteiger partial charge in [0.1, 0.15) is 57.1 Å². The van der Waals surface area contributed by atoms with Crippen LogP contribution < -0.4 is 19.9 Å². The molecule has 2 aliphatic heterocycles. The number of rotatable bonds is 13. The molecule has 9 aromatic rings. The standard InChI is InChI=1S/C31H28F2N4S.C25H26N4O2S/c32-27-12-6-4-10-23(27)18-37(19-24-11-5-7-13-28(24)33)25-14-16-36(17-15-25)30-29-26(22-8-2-1-3-9-22)20-38-31(29)35-21-34-30;1-31-20-8-7-18(22(30)13-20)14-26-19-9-11-29(12-10-19)24-23-21(17-5-3-2-4-6-17)15-32-25(23)28-16-27-24/h1-13,20-21,25H,14-19H2;2-8,13,15-16,19,26,30H,9-12,14H2,1H3. The molecular weight excluding hydrogens is 919 g/mol. The van der Waals surface area contributed by atoms with Gasteiger partial charge in [0.2, 0.25) is 0 Å². The van der Waals surface area contributed by atoms with E-state index < -0.39 is 0 Å². The van der Waals surface area contributed by atoms with Gasteiger partial charge in [-0.15, -0.1) is 22.7 Å². The second-order valence-electron chi connectivity index (χ2n) is 17.7. The number of ether oxygens (including phenoxy) is 1. The number of methoxy groups -OCH3 is 1. The fourth-order valence-electron chi connectivity index (χ4n) is 9.68. The molecule has 0 radical (unpaired) electrons. The number of nitrogens with one attached hydrogen (secondary N) is 1. The third-order valence-corrected chi connectivity index (χ3v) is 15.3. The summed E-state index contributed by atoms with van der Waals surface area (Å²) >= 11 is 3.31. The van der Waals surface area contributed by atoms with Crippen molar-refractivity contribution in [1.82, 2.24) is 30.2 Å². The van der Waals surface area contributed by atoms with Crippen molar-refractivity contribution >= 4 is 54.7 Å². The highest BCUT2D eigenvalue weighted by Gasteiger charge is 2.29. The first-order valence-electron chi connectivity index (χ1n) is 23.8. The van der Waals surface area contributed by atoms with Gasteiger partial charge in [0.15, 0.2) is 0 Å². The van der Waals surface area contributed by atoms with Crippen molar-refractivity contribution in [3.63, 3.8) is 0 Å². The second-order valence-corrected chi connectivity index (χ2v) is 19.4. The number of fused-ring (bicyclic) bond motifs is 2. The Hall–Kier alpha value is -6.84. The molecule has 0 aliphatic carbocycles. The van der Waals surface area contributed by atoms with Crippen LogP contribution in [0.3, 0.4) is 0 Å². The van der Waals surface area contributed by atoms with E-state index in [4.69, 9.17) is 14.7 Å². The largest absolute Gasteiger partial charge is 0.507 e. The normalized spacial score (nSPS) is 14.6. The summed E-state index contributed by atoms with van der Waals surface area (Å²) in [5.74, 6) is 2.47. The Labute approximate surface area is 414 Å². The summed E-state index contributed by atoms with van der Waals surface area (Å²) in [5.41, 5.74) is 6.87. The second kappa shape index (κ2) is 21.8. The zero-order chi connectivity index (χ0) is 47.8. The number of benzene rings is 5. The van der Waals surface area contributed by atoms with E-state index in [9.17, 15) is 13.9 Å². The number of aromatic hydroxyl groups is 1. The van der Waals surface area contributed by atoms with Crippen LogP contribution in [0.15, 0.2) is 151 Å². The van der Waals surface area contributed by atoms with Crippen molar-refractivity contribution in [2.75, 3.05) is 43.1 Å². The molecule has 10 nitrogen and oxygen atoms in total. The number of hydrogen-bond acceptors (Lipinski definition) is 12. The number of piperidine rings is 2. The Bertz CT molecular complexity index is 3110. The first-order chi connectivity index (χ1) is 34.4. The average Bonchev–Trinajstić information content (AvgIpc) is 4.06. The van der Waals surface area contributed by atoms with Gasteiger partial charge in [-0.2, -0.15) is 0 Å². The predicted octanol–water partition coefficient (Wildman–Crippen LogP) is 12.1. The lowest BCUT2D eigenvalue weighted by atomic mass is 10.00. The molecule has 0 spiro atoms. The number of phenolic OH excluding ortho intramolecular Hbond substituents is 1. The van der Waals surface area contributed by atoms with Gasteiger partial charge in [0.05, 0.1) is 17.9 Å². The number of phenols is 1. The number of nitrogens with zero attached hydrogens (tertiary/aromatic N) is 7. The van der Waals surface area contributed by atoms with E-state index in [0.717, 1.165) is 101 Å². The molecule has 14 heteroatoms. The minimum Gasteiger partial charge on any atom is -0.507 e. The van der Waals surface area contributed by atoms with Gasteiger partial charge in [-0.05, 0) is 55.0 Å². The predicted molar refractivity (Wildman–Crippen MR) is 280 cm³/mol. The molecule has 0 bridgehead atoms. The smallest absolute Gasteiger partial charge is 0.141 e. The first-order valence-corrected chi connectivity index (χ1v) is 25.5. The zero-order valence-corrected chi connectivity index (χ0v) is 40.6. The highest BCUT2D eigenvalue weighted by molar-refractivity contribution is 7.17. The highest BCUT2D eigenvalue weighted by atomic mass is 32.1. The van der Waals surface area contributed by atoms with Crippen LogP contribution in [-0.2, 0) is 19.6 Å². The first kappa shape index (κ1) is 46.9. The van der Waals surface area contributed by atoms with Crippen molar-refractivity contribution in [2.45, 2.75) is 57.4 Å². The molecule has 70 heavy (non-hydrogen) atoms. The molecule has 0 saturated carbocycles. The van der Waals surface area contributed by atoms with Crippen LogP contribution in [-0.4, -0.2) is 75.3 Å². The maximum atomic E-state index is 14.6. The molecule has 356 valence electrons. The Morgan fingerprint density at radius 2 is 1.10 bits per heavy atom. The van der Waals surface area contributed by atoms with Crippen LogP contribution in [0.1, 0.15) is 42.4 Å². The Morgan fingerprint density at radius 1 is 0.614 bits per heavy atom. The number of halogens is 2. The quantitative estimate of drug-likeness (QED) is 0.116. The summed E-state index contributed by atoms with van der Waals surface area (Å²) in [6.07, 6.45) is 7.12. The molecule has 2 aliphatic rings. The van der Waals surface area contributed by atoms with E-state index >= 15 is 0 Å². The topological polar surface area (TPSA) is 103 Å². The minimum absolute atomic E-state index is 0.193. The number of thiophene rings is 2. The van der Waals surface area contributed by atoms with Gasteiger partial charge < -0.3 is 25.0 Å². The third-order valence-electron chi connectivity index (χ3n) is 13.5. The Morgan fingerprint density at radius 3 is 1.59 bits per heavy atom. The van der Waals surface area contributed by atoms with Crippen molar-refractivity contribution in [2.24, 2.45) is 0 Å². The molecule has 2 fully saturated rings. The van der Waals surface area contributed by atoms with Crippen LogP contribution in [0, 0.1) is 11.6 Å². The van der Waals surface area contributed by atoms with Gasteiger partial charge in [-0.25, -0.2) is 28.7 Å². The molecule has 2 saturated heterocycles. The monoisotopic (exact) mass is 972 g/mol. The summed E-state index contributed by atoms with van der Waals surface area (Å²) in [4.78, 5) is 27.4. The summed E-state index contributed by atoms with van der Waals surface area (Å²) < 4.78 is 34.3. The molecule has 5 aromatic carbocycles. The maximum absolute atomic E-state index is 14.6. The van der Waals surface area contributed by atoms with Crippen LogP contribution in [0.4, 0.5) is 20.4 Å². The van der Waals surface area contributed by atoms with Crippen LogP contribution >= 0.6 is 22.7 Å². The number of hydrogen-bond donors (Lipinski definition) is 2. The molecule has 0 atom stereocenters. The maximum Gasteiger partial charge on any atom is 0.141 e. The van der Waals surface area contributed by atoms with E-state index in [2.05, 4.69) is 77.1 Å². The van der Waals surface area contributed by atoms with E-state index in [1.807, 2.05) is 60.7 Å². The molecule has 6 heterocycles.